The number of alkyl halides is 3. The van der Waals surface area contributed by atoms with Crippen molar-refractivity contribution in [2.45, 2.75) is 11.3 Å². The van der Waals surface area contributed by atoms with Crippen LogP contribution in [0, 0.1) is 5.82 Å². The average Bonchev–Trinajstić information content (AvgIpc) is 2.80. The Balaban J connectivity index is 2.43. The summed E-state index contributed by atoms with van der Waals surface area (Å²) < 4.78 is 52.1. The van der Waals surface area contributed by atoms with Crippen LogP contribution in [0.5, 0.6) is 0 Å². The van der Waals surface area contributed by atoms with E-state index in [4.69, 9.17) is 0 Å². The van der Waals surface area contributed by atoms with Crippen molar-refractivity contribution in [3.8, 4) is 0 Å². The van der Waals surface area contributed by atoms with E-state index in [1.807, 2.05) is 0 Å². The lowest BCUT2D eigenvalue weighted by Gasteiger charge is -2.05. The van der Waals surface area contributed by atoms with Gasteiger partial charge in [-0.2, -0.15) is 22.9 Å². The molecule has 2 aromatic rings. The second kappa shape index (κ2) is 5.61. The zero-order valence-electron chi connectivity index (χ0n) is 10.1. The monoisotopic (exact) mass is 304 g/mol. The summed E-state index contributed by atoms with van der Waals surface area (Å²) in [4.78, 5) is 0. The predicted molar refractivity (Wildman–Crippen MR) is 66.2 cm³/mol. The molecule has 4 nitrogen and oxygen atoms in total. The molecule has 0 radical (unpaired) electrons. The number of aromatic nitrogens is 3. The van der Waals surface area contributed by atoms with Crippen molar-refractivity contribution in [1.29, 1.82) is 0 Å². The Kier molecular flexibility index (Phi) is 4.07. The first-order valence-corrected chi connectivity index (χ1v) is 6.51. The summed E-state index contributed by atoms with van der Waals surface area (Å²) >= 11 is 0.954. The summed E-state index contributed by atoms with van der Waals surface area (Å²) in [6.45, 7) is 0. The Morgan fingerprint density at radius 2 is 1.95 bits per heavy atom. The van der Waals surface area contributed by atoms with Crippen LogP contribution in [0.1, 0.15) is 11.4 Å². The first kappa shape index (κ1) is 14.5. The maximum atomic E-state index is 13.4. The SMILES string of the molecule is CSc1nnc(C(F)(F)F)n1/N=C/c1ccccc1F. The Morgan fingerprint density at radius 1 is 1.25 bits per heavy atom. The molecule has 0 bridgehead atoms. The summed E-state index contributed by atoms with van der Waals surface area (Å²) in [5.41, 5.74) is 0.0707. The maximum Gasteiger partial charge on any atom is 0.453 e. The highest BCUT2D eigenvalue weighted by molar-refractivity contribution is 7.98. The van der Waals surface area contributed by atoms with Crippen molar-refractivity contribution in [1.82, 2.24) is 14.9 Å². The van der Waals surface area contributed by atoms with Gasteiger partial charge in [0, 0.05) is 5.56 Å². The average molecular weight is 304 g/mol. The van der Waals surface area contributed by atoms with E-state index in [0.717, 1.165) is 18.0 Å². The minimum absolute atomic E-state index is 0.0371. The van der Waals surface area contributed by atoms with Crippen LogP contribution >= 0.6 is 11.8 Å². The van der Waals surface area contributed by atoms with Gasteiger partial charge in [-0.25, -0.2) is 4.39 Å². The lowest BCUT2D eigenvalue weighted by atomic mass is 10.2. The molecule has 0 aliphatic rings. The van der Waals surface area contributed by atoms with Crippen LogP contribution < -0.4 is 0 Å². The van der Waals surface area contributed by atoms with E-state index >= 15 is 0 Å². The topological polar surface area (TPSA) is 43.1 Å². The summed E-state index contributed by atoms with van der Waals surface area (Å²) in [5.74, 6) is -1.84. The predicted octanol–water partition coefficient (Wildman–Crippen LogP) is 3.04. The molecule has 0 aliphatic carbocycles. The zero-order valence-corrected chi connectivity index (χ0v) is 10.9. The normalized spacial score (nSPS) is 12.2. The van der Waals surface area contributed by atoms with E-state index in [1.165, 1.54) is 18.2 Å². The highest BCUT2D eigenvalue weighted by atomic mass is 32.2. The third-order valence-electron chi connectivity index (χ3n) is 2.27. The molecule has 2 rings (SSSR count). The van der Waals surface area contributed by atoms with Gasteiger partial charge in [0.05, 0.1) is 6.21 Å². The van der Waals surface area contributed by atoms with Crippen LogP contribution in [0.4, 0.5) is 17.6 Å². The fourth-order valence-electron chi connectivity index (χ4n) is 1.37. The van der Waals surface area contributed by atoms with Gasteiger partial charge in [-0.3, -0.25) is 0 Å². The molecular weight excluding hydrogens is 296 g/mol. The molecule has 106 valence electrons. The number of thioether (sulfide) groups is 1. The largest absolute Gasteiger partial charge is 0.453 e. The minimum Gasteiger partial charge on any atom is -0.206 e. The lowest BCUT2D eigenvalue weighted by molar-refractivity contribution is -0.147. The van der Waals surface area contributed by atoms with Gasteiger partial charge in [-0.1, -0.05) is 30.0 Å². The first-order chi connectivity index (χ1) is 9.43. The van der Waals surface area contributed by atoms with Crippen molar-refractivity contribution in [2.24, 2.45) is 5.10 Å². The molecule has 0 saturated heterocycles. The summed E-state index contributed by atoms with van der Waals surface area (Å²) in [6.07, 6.45) is -2.15. The fraction of sp³-hybridized carbons (Fsp3) is 0.182. The van der Waals surface area contributed by atoms with Crippen molar-refractivity contribution in [3.05, 3.63) is 41.5 Å². The van der Waals surface area contributed by atoms with Crippen LogP contribution in [-0.2, 0) is 6.18 Å². The lowest BCUT2D eigenvalue weighted by Crippen LogP contribution is -2.13. The molecule has 0 N–H and O–H groups in total. The zero-order chi connectivity index (χ0) is 14.8. The molecule has 0 unspecified atom stereocenters. The highest BCUT2D eigenvalue weighted by Crippen LogP contribution is 2.29. The second-order valence-corrected chi connectivity index (χ2v) is 4.36. The van der Waals surface area contributed by atoms with Crippen molar-refractivity contribution < 1.29 is 17.6 Å². The van der Waals surface area contributed by atoms with Gasteiger partial charge in [0.15, 0.2) is 0 Å². The Bertz CT molecular complexity index is 636. The van der Waals surface area contributed by atoms with Gasteiger partial charge < -0.3 is 0 Å². The van der Waals surface area contributed by atoms with Gasteiger partial charge in [0.25, 0.3) is 5.82 Å². The summed E-state index contributed by atoms with van der Waals surface area (Å²) in [5, 5.41) is 10.0. The summed E-state index contributed by atoms with van der Waals surface area (Å²) in [6, 6.07) is 5.61. The smallest absolute Gasteiger partial charge is 0.206 e. The van der Waals surface area contributed by atoms with Crippen LogP contribution in [0.15, 0.2) is 34.5 Å². The number of nitrogens with zero attached hydrogens (tertiary/aromatic N) is 4. The van der Waals surface area contributed by atoms with Crippen LogP contribution in [0.25, 0.3) is 0 Å². The second-order valence-electron chi connectivity index (χ2n) is 3.59. The maximum absolute atomic E-state index is 13.4. The number of rotatable bonds is 3. The van der Waals surface area contributed by atoms with Gasteiger partial charge in [-0.15, -0.1) is 10.2 Å². The standard InChI is InChI=1S/C11H8F4N4S/c1-20-10-18-17-9(11(13,14)15)19(10)16-6-7-4-2-3-5-8(7)12/h2-6H,1H3/b16-6+. The van der Waals surface area contributed by atoms with Crippen molar-refractivity contribution in [2.75, 3.05) is 6.26 Å². The first-order valence-electron chi connectivity index (χ1n) is 5.29. The van der Waals surface area contributed by atoms with Gasteiger partial charge in [0.1, 0.15) is 5.82 Å². The molecule has 20 heavy (non-hydrogen) atoms. The van der Waals surface area contributed by atoms with E-state index in [1.54, 1.807) is 12.3 Å². The van der Waals surface area contributed by atoms with Crippen LogP contribution in [0.3, 0.4) is 0 Å². The van der Waals surface area contributed by atoms with E-state index < -0.39 is 17.8 Å². The molecule has 0 spiro atoms. The Morgan fingerprint density at radius 3 is 2.55 bits per heavy atom. The van der Waals surface area contributed by atoms with Crippen LogP contribution in [-0.4, -0.2) is 27.3 Å². The molecule has 0 fully saturated rings. The van der Waals surface area contributed by atoms with Crippen molar-refractivity contribution >= 4 is 18.0 Å². The molecule has 9 heteroatoms. The molecule has 0 atom stereocenters. The minimum atomic E-state index is -4.69. The quantitative estimate of drug-likeness (QED) is 0.497. The Hall–Kier alpha value is -1.90. The number of halogens is 4. The van der Waals surface area contributed by atoms with Crippen molar-refractivity contribution in [3.63, 3.8) is 0 Å². The third-order valence-corrected chi connectivity index (χ3v) is 2.89. The molecule has 0 amide bonds. The number of hydrogen-bond donors (Lipinski definition) is 0. The van der Waals surface area contributed by atoms with E-state index in [9.17, 15) is 17.6 Å². The van der Waals surface area contributed by atoms with E-state index in [2.05, 4.69) is 15.3 Å². The van der Waals surface area contributed by atoms with Gasteiger partial charge in [-0.05, 0) is 12.3 Å². The molecule has 0 saturated carbocycles. The van der Waals surface area contributed by atoms with Gasteiger partial charge in [0.2, 0.25) is 5.16 Å². The molecular formula is C11H8F4N4S. The molecule has 1 aromatic heterocycles. The number of benzene rings is 1. The molecule has 1 heterocycles. The third kappa shape index (κ3) is 2.98. The highest BCUT2D eigenvalue weighted by Gasteiger charge is 2.38. The van der Waals surface area contributed by atoms with E-state index in [-0.39, 0.29) is 10.7 Å². The van der Waals surface area contributed by atoms with E-state index in [0.29, 0.717) is 4.68 Å². The Labute approximate surface area is 115 Å². The van der Waals surface area contributed by atoms with Gasteiger partial charge >= 0.3 is 6.18 Å². The summed E-state index contributed by atoms with van der Waals surface area (Å²) in [7, 11) is 0. The number of hydrogen-bond acceptors (Lipinski definition) is 4. The van der Waals surface area contributed by atoms with Crippen LogP contribution in [0.2, 0.25) is 0 Å². The molecule has 0 aliphatic heterocycles. The molecule has 1 aromatic carbocycles. The fourth-order valence-corrected chi connectivity index (χ4v) is 1.80.